The lowest BCUT2D eigenvalue weighted by Crippen LogP contribution is -2.54. The van der Waals surface area contributed by atoms with Gasteiger partial charge in [-0.1, -0.05) is 27.7 Å². The van der Waals surface area contributed by atoms with E-state index in [0.29, 0.717) is 5.92 Å². The molecular formula is C15H32O3Si. The first-order valence-electron chi connectivity index (χ1n) is 7.73. The zero-order valence-electron chi connectivity index (χ0n) is 13.8. The number of hydrogen-bond acceptors (Lipinski definition) is 3. The van der Waals surface area contributed by atoms with Crippen molar-refractivity contribution in [2.75, 3.05) is 6.61 Å². The highest BCUT2D eigenvalue weighted by molar-refractivity contribution is 6.73. The van der Waals surface area contributed by atoms with E-state index in [-0.39, 0.29) is 11.2 Å². The third-order valence-electron chi connectivity index (χ3n) is 4.86. The molecule has 4 heteroatoms. The number of ether oxygens (including phenoxy) is 1. The first-order chi connectivity index (χ1) is 8.72. The topological polar surface area (TPSA) is 27.7 Å². The maximum absolute atomic E-state index is 5.98. The van der Waals surface area contributed by atoms with Gasteiger partial charge in [0.15, 0.2) is 0 Å². The molecule has 1 fully saturated rings. The van der Waals surface area contributed by atoms with Crippen molar-refractivity contribution in [3.63, 3.8) is 0 Å². The lowest BCUT2D eigenvalue weighted by Gasteiger charge is -2.49. The van der Waals surface area contributed by atoms with Crippen LogP contribution < -0.4 is 0 Å². The third-order valence-corrected chi connectivity index (χ3v) is 9.16. The van der Waals surface area contributed by atoms with Crippen molar-refractivity contribution in [1.82, 2.24) is 0 Å². The second-order valence-electron chi connectivity index (χ2n) is 6.87. The standard InChI is InChI=1S/C15H32O3Si/c1-8-19(9-2,10-3)18-17-14(5,6)12-15(7)13(4)11-16-15/h13H,8-12H2,1-7H3. The molecule has 0 bridgehead atoms. The highest BCUT2D eigenvalue weighted by Crippen LogP contribution is 2.40. The summed E-state index contributed by atoms with van der Waals surface area (Å²) in [5, 5.41) is 0. The predicted octanol–water partition coefficient (Wildman–Crippen LogP) is 4.53. The van der Waals surface area contributed by atoms with Gasteiger partial charge in [0.25, 0.3) is 0 Å². The molecule has 1 heterocycles. The molecule has 1 aliphatic rings. The van der Waals surface area contributed by atoms with E-state index in [1.54, 1.807) is 0 Å². The molecule has 2 atom stereocenters. The highest BCUT2D eigenvalue weighted by atomic mass is 28.4. The Morgan fingerprint density at radius 2 is 1.74 bits per heavy atom. The SMILES string of the molecule is CC[Si](CC)(CC)OOC(C)(C)CC1(C)OCC1C. The Kier molecular flexibility index (Phi) is 5.64. The van der Waals surface area contributed by atoms with E-state index < -0.39 is 8.32 Å². The summed E-state index contributed by atoms with van der Waals surface area (Å²) >= 11 is 0. The van der Waals surface area contributed by atoms with Crippen LogP contribution in [0.15, 0.2) is 0 Å². The second kappa shape index (κ2) is 6.25. The van der Waals surface area contributed by atoms with Gasteiger partial charge in [-0.2, -0.15) is 0 Å². The van der Waals surface area contributed by atoms with Crippen molar-refractivity contribution in [3.8, 4) is 0 Å². The molecule has 0 saturated carbocycles. The van der Waals surface area contributed by atoms with Crippen molar-refractivity contribution in [2.24, 2.45) is 5.92 Å². The Hall–Kier alpha value is 0.0969. The summed E-state index contributed by atoms with van der Waals surface area (Å²) in [4.78, 5) is 5.87. The van der Waals surface area contributed by atoms with Gasteiger partial charge in [0, 0.05) is 12.3 Å². The van der Waals surface area contributed by atoms with Crippen LogP contribution in [-0.4, -0.2) is 26.1 Å². The fourth-order valence-electron chi connectivity index (χ4n) is 2.76. The van der Waals surface area contributed by atoms with Gasteiger partial charge in [-0.15, -0.1) is 0 Å². The van der Waals surface area contributed by atoms with Crippen LogP contribution in [0.1, 0.15) is 54.9 Å². The van der Waals surface area contributed by atoms with Crippen molar-refractivity contribution >= 4 is 8.32 Å². The second-order valence-corrected chi connectivity index (χ2v) is 11.5. The molecule has 1 saturated heterocycles. The van der Waals surface area contributed by atoms with Crippen LogP contribution in [0.25, 0.3) is 0 Å². The molecular weight excluding hydrogens is 256 g/mol. The molecule has 2 unspecified atom stereocenters. The Labute approximate surface area is 120 Å². The Bertz CT molecular complexity index is 281. The van der Waals surface area contributed by atoms with E-state index in [4.69, 9.17) is 14.2 Å². The Morgan fingerprint density at radius 3 is 2.05 bits per heavy atom. The van der Waals surface area contributed by atoms with Crippen molar-refractivity contribution < 1.29 is 14.2 Å². The summed E-state index contributed by atoms with van der Waals surface area (Å²) in [5.41, 5.74) is -0.344. The fraction of sp³-hybridized carbons (Fsp3) is 1.00. The maximum Gasteiger partial charge on any atom is 0.238 e. The summed E-state index contributed by atoms with van der Waals surface area (Å²) in [5.74, 6) is 0.598. The van der Waals surface area contributed by atoms with E-state index in [1.807, 2.05) is 0 Å². The molecule has 0 aromatic heterocycles. The Morgan fingerprint density at radius 1 is 1.21 bits per heavy atom. The van der Waals surface area contributed by atoms with Crippen molar-refractivity contribution in [1.29, 1.82) is 0 Å². The average molecular weight is 289 g/mol. The zero-order chi connectivity index (χ0) is 14.7. The van der Waals surface area contributed by atoms with Gasteiger partial charge < -0.3 is 4.74 Å². The van der Waals surface area contributed by atoms with E-state index >= 15 is 0 Å². The number of hydrogen-bond donors (Lipinski definition) is 0. The van der Waals surface area contributed by atoms with Gasteiger partial charge >= 0.3 is 0 Å². The van der Waals surface area contributed by atoms with Gasteiger partial charge in [-0.3, -0.25) is 4.58 Å². The summed E-state index contributed by atoms with van der Waals surface area (Å²) in [7, 11) is -1.67. The zero-order valence-corrected chi connectivity index (χ0v) is 14.8. The minimum Gasteiger partial charge on any atom is -0.374 e. The predicted molar refractivity (Wildman–Crippen MR) is 81.6 cm³/mol. The number of rotatable bonds is 8. The maximum atomic E-state index is 5.98. The summed E-state index contributed by atoms with van der Waals surface area (Å²) in [6.07, 6.45) is 0.878. The fourth-order valence-corrected chi connectivity index (χ4v) is 5.02. The Balaban J connectivity index is 2.55. The van der Waals surface area contributed by atoms with E-state index in [1.165, 1.54) is 0 Å². The molecule has 114 valence electrons. The minimum absolute atomic E-state index is 0.0538. The summed E-state index contributed by atoms with van der Waals surface area (Å²) < 4.78 is 11.7. The highest BCUT2D eigenvalue weighted by Gasteiger charge is 2.46. The monoisotopic (exact) mass is 288 g/mol. The van der Waals surface area contributed by atoms with Crippen LogP contribution in [-0.2, 0) is 14.2 Å². The molecule has 3 nitrogen and oxygen atoms in total. The molecule has 19 heavy (non-hydrogen) atoms. The van der Waals surface area contributed by atoms with Crippen LogP contribution in [0.2, 0.25) is 18.1 Å². The van der Waals surface area contributed by atoms with Gasteiger partial charge in [-0.25, -0.2) is 4.89 Å². The van der Waals surface area contributed by atoms with Gasteiger partial charge in [0.2, 0.25) is 8.32 Å². The first kappa shape index (κ1) is 17.1. The molecule has 1 aliphatic heterocycles. The molecule has 0 aromatic carbocycles. The van der Waals surface area contributed by atoms with Crippen LogP contribution in [0.4, 0.5) is 0 Å². The third kappa shape index (κ3) is 4.03. The van der Waals surface area contributed by atoms with Gasteiger partial charge in [-0.05, 0) is 38.9 Å². The van der Waals surface area contributed by atoms with E-state index in [0.717, 1.165) is 31.2 Å². The summed E-state index contributed by atoms with van der Waals surface area (Å²) in [6, 6.07) is 3.33. The summed E-state index contributed by atoms with van der Waals surface area (Å²) in [6.45, 7) is 16.1. The lowest BCUT2D eigenvalue weighted by molar-refractivity contribution is -0.317. The molecule has 0 aromatic rings. The lowest BCUT2D eigenvalue weighted by atomic mass is 9.78. The van der Waals surface area contributed by atoms with E-state index in [9.17, 15) is 0 Å². The first-order valence-corrected chi connectivity index (χ1v) is 10.3. The van der Waals surface area contributed by atoms with Crippen LogP contribution in [0.5, 0.6) is 0 Å². The van der Waals surface area contributed by atoms with E-state index in [2.05, 4.69) is 48.5 Å². The molecule has 0 radical (unpaired) electrons. The molecule has 0 N–H and O–H groups in total. The smallest absolute Gasteiger partial charge is 0.238 e. The molecule has 1 rings (SSSR count). The van der Waals surface area contributed by atoms with Crippen molar-refractivity contribution in [3.05, 3.63) is 0 Å². The normalized spacial score (nSPS) is 28.3. The van der Waals surface area contributed by atoms with Gasteiger partial charge in [0.1, 0.15) is 0 Å². The van der Waals surface area contributed by atoms with Gasteiger partial charge in [0.05, 0.1) is 17.8 Å². The van der Waals surface area contributed by atoms with Crippen LogP contribution in [0, 0.1) is 5.92 Å². The molecule has 0 spiro atoms. The van der Waals surface area contributed by atoms with Crippen LogP contribution in [0.3, 0.4) is 0 Å². The van der Waals surface area contributed by atoms with Crippen molar-refractivity contribution in [2.45, 2.75) is 84.2 Å². The minimum atomic E-state index is -1.67. The van der Waals surface area contributed by atoms with Crippen LogP contribution >= 0.6 is 0 Å². The molecule has 0 amide bonds. The quantitative estimate of drug-likeness (QED) is 0.373. The largest absolute Gasteiger partial charge is 0.374 e. The molecule has 0 aliphatic carbocycles. The average Bonchev–Trinajstić information content (AvgIpc) is 2.39.